The molecule has 112 valence electrons. The van der Waals surface area contributed by atoms with Crippen molar-refractivity contribution in [2.45, 2.75) is 12.3 Å². The summed E-state index contributed by atoms with van der Waals surface area (Å²) < 4.78 is 0. The minimum Gasteiger partial charge on any atom is -0.477 e. The summed E-state index contributed by atoms with van der Waals surface area (Å²) >= 11 is 0. The van der Waals surface area contributed by atoms with Crippen molar-refractivity contribution < 1.29 is 19.8 Å². The number of aliphatic carboxylic acids is 2. The number of carboxylic acids is 2. The number of allylic oxidation sites excluding steroid dienone is 1. The van der Waals surface area contributed by atoms with E-state index < -0.39 is 17.5 Å². The standard InChI is InChI=1S/C18H16O4/c19-17(20)16(18(21)22)12-11-15(13-7-3-1-4-8-13)14-9-5-2-6-10-14/h1-10,12,15H,11H2,(H,19,20)(H,21,22). The van der Waals surface area contributed by atoms with Crippen LogP contribution in [0.1, 0.15) is 23.5 Å². The molecule has 0 saturated heterocycles. The molecular weight excluding hydrogens is 280 g/mol. The highest BCUT2D eigenvalue weighted by atomic mass is 16.4. The summed E-state index contributed by atoms with van der Waals surface area (Å²) in [6.07, 6.45) is 1.58. The Bertz CT molecular complexity index is 619. The summed E-state index contributed by atoms with van der Waals surface area (Å²) in [5.74, 6) is -2.93. The van der Waals surface area contributed by atoms with E-state index in [0.29, 0.717) is 6.42 Å². The summed E-state index contributed by atoms with van der Waals surface area (Å²) in [5.41, 5.74) is 1.43. The molecule has 2 rings (SSSR count). The molecule has 0 aliphatic heterocycles. The zero-order valence-corrected chi connectivity index (χ0v) is 11.8. The maximum atomic E-state index is 11.0. The number of hydrogen-bond acceptors (Lipinski definition) is 2. The smallest absolute Gasteiger partial charge is 0.342 e. The van der Waals surface area contributed by atoms with Gasteiger partial charge in [0.2, 0.25) is 0 Å². The highest BCUT2D eigenvalue weighted by molar-refractivity contribution is 6.12. The summed E-state index contributed by atoms with van der Waals surface area (Å²) in [6, 6.07) is 19.2. The van der Waals surface area contributed by atoms with Crippen LogP contribution in [0.3, 0.4) is 0 Å². The minimum absolute atomic E-state index is 0.0869. The van der Waals surface area contributed by atoms with Gasteiger partial charge in [0, 0.05) is 5.92 Å². The van der Waals surface area contributed by atoms with Crippen molar-refractivity contribution in [2.24, 2.45) is 0 Å². The van der Waals surface area contributed by atoms with Gasteiger partial charge in [-0.25, -0.2) is 9.59 Å². The Hall–Kier alpha value is -2.88. The molecule has 22 heavy (non-hydrogen) atoms. The van der Waals surface area contributed by atoms with Crippen molar-refractivity contribution in [3.63, 3.8) is 0 Å². The molecule has 0 spiro atoms. The maximum absolute atomic E-state index is 11.0. The van der Waals surface area contributed by atoms with Gasteiger partial charge in [-0.15, -0.1) is 0 Å². The molecule has 0 amide bonds. The van der Waals surface area contributed by atoms with E-state index in [4.69, 9.17) is 10.2 Å². The largest absolute Gasteiger partial charge is 0.477 e. The van der Waals surface area contributed by atoms with Gasteiger partial charge in [-0.3, -0.25) is 0 Å². The molecule has 0 aliphatic carbocycles. The van der Waals surface area contributed by atoms with E-state index in [1.165, 1.54) is 6.08 Å². The van der Waals surface area contributed by atoms with Crippen molar-refractivity contribution in [1.29, 1.82) is 0 Å². The molecule has 4 heteroatoms. The predicted molar refractivity (Wildman–Crippen MR) is 82.7 cm³/mol. The van der Waals surface area contributed by atoms with Crippen molar-refractivity contribution in [3.8, 4) is 0 Å². The van der Waals surface area contributed by atoms with Crippen molar-refractivity contribution in [2.75, 3.05) is 0 Å². The molecular formula is C18H16O4. The van der Waals surface area contributed by atoms with Gasteiger partial charge in [-0.2, -0.15) is 0 Å². The summed E-state index contributed by atoms with van der Waals surface area (Å²) in [7, 11) is 0. The molecule has 0 unspecified atom stereocenters. The third-order valence-electron chi connectivity index (χ3n) is 3.42. The SMILES string of the molecule is O=C(O)C(=CCC(c1ccccc1)c1ccccc1)C(=O)O. The number of rotatable bonds is 6. The van der Waals surface area contributed by atoms with Gasteiger partial charge in [0.05, 0.1) is 0 Å². The first kappa shape index (κ1) is 15.5. The maximum Gasteiger partial charge on any atom is 0.342 e. The van der Waals surface area contributed by atoms with Gasteiger partial charge < -0.3 is 10.2 Å². The fraction of sp³-hybridized carbons (Fsp3) is 0.111. The Balaban J connectivity index is 2.36. The number of hydrogen-bond donors (Lipinski definition) is 2. The summed E-state index contributed by atoms with van der Waals surface area (Å²) in [6.45, 7) is 0. The molecule has 0 saturated carbocycles. The van der Waals surface area contributed by atoms with E-state index in [2.05, 4.69) is 0 Å². The lowest BCUT2D eigenvalue weighted by Gasteiger charge is -2.16. The van der Waals surface area contributed by atoms with Crippen LogP contribution in [0.15, 0.2) is 72.3 Å². The van der Waals surface area contributed by atoms with Crippen LogP contribution in [0.5, 0.6) is 0 Å². The van der Waals surface area contributed by atoms with Crippen molar-refractivity contribution >= 4 is 11.9 Å². The first-order chi connectivity index (χ1) is 10.6. The van der Waals surface area contributed by atoms with Crippen LogP contribution in [0.2, 0.25) is 0 Å². The molecule has 0 aliphatic rings. The summed E-state index contributed by atoms with van der Waals surface area (Å²) in [4.78, 5) is 22.0. The quantitative estimate of drug-likeness (QED) is 0.487. The van der Waals surface area contributed by atoms with Gasteiger partial charge in [-0.1, -0.05) is 66.7 Å². The van der Waals surface area contributed by atoms with E-state index in [-0.39, 0.29) is 5.92 Å². The Morgan fingerprint density at radius 2 is 1.23 bits per heavy atom. The first-order valence-electron chi connectivity index (χ1n) is 6.86. The summed E-state index contributed by atoms with van der Waals surface area (Å²) in [5, 5.41) is 17.9. The van der Waals surface area contributed by atoms with E-state index in [1.54, 1.807) is 0 Å². The number of carbonyl (C=O) groups is 2. The monoisotopic (exact) mass is 296 g/mol. The minimum atomic E-state index is -1.42. The first-order valence-corrected chi connectivity index (χ1v) is 6.86. The van der Waals surface area contributed by atoms with E-state index in [1.807, 2.05) is 60.7 Å². The Morgan fingerprint density at radius 3 is 1.59 bits per heavy atom. The predicted octanol–water partition coefficient (Wildman–Crippen LogP) is 3.30. The third-order valence-corrected chi connectivity index (χ3v) is 3.42. The van der Waals surface area contributed by atoms with Gasteiger partial charge in [-0.05, 0) is 17.5 Å². The molecule has 2 N–H and O–H groups in total. The van der Waals surface area contributed by atoms with Crippen LogP contribution in [0.25, 0.3) is 0 Å². The topological polar surface area (TPSA) is 74.6 Å². The van der Waals surface area contributed by atoms with Crippen molar-refractivity contribution in [1.82, 2.24) is 0 Å². The second kappa shape index (κ2) is 7.22. The Morgan fingerprint density at radius 1 is 0.818 bits per heavy atom. The molecule has 2 aromatic carbocycles. The molecule has 2 aromatic rings. The van der Waals surface area contributed by atoms with Gasteiger partial charge in [0.25, 0.3) is 0 Å². The van der Waals surface area contributed by atoms with Crippen LogP contribution in [0, 0.1) is 0 Å². The van der Waals surface area contributed by atoms with Crippen LogP contribution in [-0.4, -0.2) is 22.2 Å². The van der Waals surface area contributed by atoms with Crippen LogP contribution in [0.4, 0.5) is 0 Å². The van der Waals surface area contributed by atoms with Gasteiger partial charge in [0.15, 0.2) is 0 Å². The van der Waals surface area contributed by atoms with Crippen LogP contribution in [-0.2, 0) is 9.59 Å². The second-order valence-electron chi connectivity index (χ2n) is 4.84. The zero-order chi connectivity index (χ0) is 15.9. The fourth-order valence-corrected chi connectivity index (χ4v) is 2.34. The number of carboxylic acid groups (broad SMARTS) is 2. The third kappa shape index (κ3) is 3.82. The average Bonchev–Trinajstić information content (AvgIpc) is 2.52. The van der Waals surface area contributed by atoms with E-state index in [9.17, 15) is 9.59 Å². The molecule has 0 aromatic heterocycles. The molecule has 0 heterocycles. The van der Waals surface area contributed by atoms with Crippen molar-refractivity contribution in [3.05, 3.63) is 83.4 Å². The highest BCUT2D eigenvalue weighted by Gasteiger charge is 2.18. The van der Waals surface area contributed by atoms with Gasteiger partial charge >= 0.3 is 11.9 Å². The molecule has 0 fully saturated rings. The fourth-order valence-electron chi connectivity index (χ4n) is 2.34. The normalized spacial score (nSPS) is 10.2. The Labute approximate surface area is 128 Å². The van der Waals surface area contributed by atoms with Crippen LogP contribution < -0.4 is 0 Å². The van der Waals surface area contributed by atoms with E-state index in [0.717, 1.165) is 11.1 Å². The van der Waals surface area contributed by atoms with Crippen LogP contribution >= 0.6 is 0 Å². The Kier molecular flexibility index (Phi) is 5.09. The molecule has 0 radical (unpaired) electrons. The van der Waals surface area contributed by atoms with E-state index >= 15 is 0 Å². The lowest BCUT2D eigenvalue weighted by Crippen LogP contribution is -2.12. The molecule has 0 bridgehead atoms. The zero-order valence-electron chi connectivity index (χ0n) is 11.8. The van der Waals surface area contributed by atoms with Gasteiger partial charge in [0.1, 0.15) is 5.57 Å². The lowest BCUT2D eigenvalue weighted by molar-refractivity contribution is -0.140. The average molecular weight is 296 g/mol. The highest BCUT2D eigenvalue weighted by Crippen LogP contribution is 2.28. The molecule has 4 nitrogen and oxygen atoms in total. The number of benzene rings is 2. The second-order valence-corrected chi connectivity index (χ2v) is 4.84. The lowest BCUT2D eigenvalue weighted by atomic mass is 9.88. The molecule has 0 atom stereocenters.